The van der Waals surface area contributed by atoms with Crippen molar-refractivity contribution in [2.45, 2.75) is 63.3 Å². The second-order valence-corrected chi connectivity index (χ2v) is 6.26. The molecule has 0 aromatic rings. The van der Waals surface area contributed by atoms with Crippen LogP contribution in [0.1, 0.15) is 39.5 Å². The highest BCUT2D eigenvalue weighted by Gasteiger charge is 2.37. The van der Waals surface area contributed by atoms with Crippen LogP contribution < -0.4 is 5.73 Å². The lowest BCUT2D eigenvalue weighted by molar-refractivity contribution is -0.100. The molecule has 0 saturated carbocycles. The Labute approximate surface area is 111 Å². The van der Waals surface area contributed by atoms with Gasteiger partial charge in [-0.05, 0) is 39.5 Å². The van der Waals surface area contributed by atoms with Gasteiger partial charge in [0.25, 0.3) is 0 Å². The van der Waals surface area contributed by atoms with Gasteiger partial charge in [-0.1, -0.05) is 0 Å². The van der Waals surface area contributed by atoms with Gasteiger partial charge in [-0.3, -0.25) is 4.90 Å². The zero-order valence-electron chi connectivity index (χ0n) is 12.0. The van der Waals surface area contributed by atoms with Gasteiger partial charge < -0.3 is 15.2 Å². The molecular formula is C14H28N2O2. The van der Waals surface area contributed by atoms with E-state index in [9.17, 15) is 0 Å². The quantitative estimate of drug-likeness (QED) is 0.829. The van der Waals surface area contributed by atoms with Crippen molar-refractivity contribution >= 4 is 0 Å². The minimum absolute atomic E-state index is 0.0141. The number of methoxy groups -OCH3 is 1. The lowest BCUT2D eigenvalue weighted by Crippen LogP contribution is -2.56. The van der Waals surface area contributed by atoms with Gasteiger partial charge in [0.05, 0.1) is 11.7 Å². The fourth-order valence-electron chi connectivity index (χ4n) is 3.44. The molecule has 3 unspecified atom stereocenters. The van der Waals surface area contributed by atoms with Gasteiger partial charge in [0.15, 0.2) is 0 Å². The number of hydrogen-bond donors (Lipinski definition) is 1. The zero-order chi connectivity index (χ0) is 13.2. The second-order valence-electron chi connectivity index (χ2n) is 6.26. The van der Waals surface area contributed by atoms with Crippen molar-refractivity contribution in [3.8, 4) is 0 Å². The summed E-state index contributed by atoms with van der Waals surface area (Å²) in [5.74, 6) is 0. The Hall–Kier alpha value is -0.160. The summed E-state index contributed by atoms with van der Waals surface area (Å²) in [6.07, 6.45) is 4.84. The maximum atomic E-state index is 5.96. The van der Waals surface area contributed by atoms with Crippen molar-refractivity contribution in [2.24, 2.45) is 5.73 Å². The molecule has 0 aromatic carbocycles. The normalized spacial score (nSPS) is 37.7. The average Bonchev–Trinajstić information content (AvgIpc) is 2.36. The van der Waals surface area contributed by atoms with E-state index in [1.807, 2.05) is 7.11 Å². The Morgan fingerprint density at radius 1 is 1.39 bits per heavy atom. The van der Waals surface area contributed by atoms with Crippen LogP contribution in [0.5, 0.6) is 0 Å². The highest BCUT2D eigenvalue weighted by atomic mass is 16.5. The number of likely N-dealkylation sites (tertiary alicyclic amines) is 1. The summed E-state index contributed by atoms with van der Waals surface area (Å²) in [4.78, 5) is 2.61. The van der Waals surface area contributed by atoms with E-state index < -0.39 is 0 Å². The summed E-state index contributed by atoms with van der Waals surface area (Å²) < 4.78 is 11.3. The molecule has 0 bridgehead atoms. The van der Waals surface area contributed by atoms with Gasteiger partial charge >= 0.3 is 0 Å². The molecule has 2 saturated heterocycles. The first-order valence-corrected chi connectivity index (χ1v) is 7.18. The number of ether oxygens (including phenoxy) is 2. The minimum atomic E-state index is 0.0141. The smallest absolute Gasteiger partial charge is 0.0641 e. The molecule has 2 N–H and O–H groups in total. The average molecular weight is 256 g/mol. The Bertz CT molecular complexity index is 271. The first kappa shape index (κ1) is 14.3. The first-order chi connectivity index (χ1) is 8.55. The van der Waals surface area contributed by atoms with Crippen LogP contribution >= 0.6 is 0 Å². The molecule has 2 aliphatic heterocycles. The fraction of sp³-hybridized carbons (Fsp3) is 1.00. The van der Waals surface area contributed by atoms with Crippen LogP contribution in [-0.2, 0) is 9.47 Å². The minimum Gasteiger partial charge on any atom is -0.381 e. The van der Waals surface area contributed by atoms with Gasteiger partial charge in [0, 0.05) is 38.9 Å². The van der Waals surface area contributed by atoms with Gasteiger partial charge in [-0.15, -0.1) is 0 Å². The zero-order valence-corrected chi connectivity index (χ0v) is 12.0. The number of nitrogens with zero attached hydrogens (tertiary/aromatic N) is 1. The van der Waals surface area contributed by atoms with E-state index in [0.717, 1.165) is 45.4 Å². The number of hydrogen-bond acceptors (Lipinski definition) is 4. The Morgan fingerprint density at radius 3 is 2.78 bits per heavy atom. The molecular weight excluding hydrogens is 228 g/mol. The summed E-state index contributed by atoms with van der Waals surface area (Å²) in [5, 5.41) is 0. The standard InChI is InChI=1S/C14H28N2O2/c1-14(2)9-11(5-7-18-14)16-6-4-13(17-3)8-12(16)10-15/h11-13H,4-10,15H2,1-3H3. The van der Waals surface area contributed by atoms with Crippen molar-refractivity contribution in [3.05, 3.63) is 0 Å². The molecule has 0 spiro atoms. The number of piperidine rings is 1. The molecule has 106 valence electrons. The first-order valence-electron chi connectivity index (χ1n) is 7.18. The Balaban J connectivity index is 1.98. The van der Waals surface area contributed by atoms with E-state index in [1.165, 1.54) is 0 Å². The highest BCUT2D eigenvalue weighted by Crippen LogP contribution is 2.31. The van der Waals surface area contributed by atoms with Crippen molar-refractivity contribution in [1.82, 2.24) is 4.90 Å². The Morgan fingerprint density at radius 2 is 2.17 bits per heavy atom. The van der Waals surface area contributed by atoms with Gasteiger partial charge in [0.2, 0.25) is 0 Å². The summed E-state index contributed by atoms with van der Waals surface area (Å²) in [7, 11) is 1.81. The molecule has 0 amide bonds. The van der Waals surface area contributed by atoms with E-state index in [2.05, 4.69) is 18.7 Å². The van der Waals surface area contributed by atoms with E-state index >= 15 is 0 Å². The van der Waals surface area contributed by atoms with E-state index in [4.69, 9.17) is 15.2 Å². The third-order valence-electron chi connectivity index (χ3n) is 4.46. The summed E-state index contributed by atoms with van der Waals surface area (Å²) in [5.41, 5.74) is 5.97. The molecule has 18 heavy (non-hydrogen) atoms. The monoisotopic (exact) mass is 256 g/mol. The van der Waals surface area contributed by atoms with Crippen LogP contribution in [0.2, 0.25) is 0 Å². The van der Waals surface area contributed by atoms with Crippen LogP contribution in [0.3, 0.4) is 0 Å². The molecule has 0 radical (unpaired) electrons. The largest absolute Gasteiger partial charge is 0.381 e. The highest BCUT2D eigenvalue weighted by molar-refractivity contribution is 4.91. The summed E-state index contributed by atoms with van der Waals surface area (Å²) in [6.45, 7) is 7.11. The van der Waals surface area contributed by atoms with E-state index in [-0.39, 0.29) is 5.60 Å². The lowest BCUT2D eigenvalue weighted by atomic mass is 9.89. The van der Waals surface area contributed by atoms with Crippen molar-refractivity contribution in [1.29, 1.82) is 0 Å². The van der Waals surface area contributed by atoms with Gasteiger partial charge in [0.1, 0.15) is 0 Å². The van der Waals surface area contributed by atoms with Crippen LogP contribution in [0.4, 0.5) is 0 Å². The SMILES string of the molecule is COC1CCN(C2CCOC(C)(C)C2)C(CN)C1. The molecule has 2 aliphatic rings. The number of rotatable bonds is 3. The predicted molar refractivity (Wildman–Crippen MR) is 72.6 cm³/mol. The molecule has 0 aromatic heterocycles. The molecule has 0 aliphatic carbocycles. The molecule has 2 heterocycles. The lowest BCUT2D eigenvalue weighted by Gasteiger charge is -2.47. The third kappa shape index (κ3) is 3.23. The molecule has 2 fully saturated rings. The molecule has 2 rings (SSSR count). The van der Waals surface area contributed by atoms with Crippen LogP contribution in [0.15, 0.2) is 0 Å². The van der Waals surface area contributed by atoms with E-state index in [0.29, 0.717) is 18.2 Å². The van der Waals surface area contributed by atoms with Crippen molar-refractivity contribution in [2.75, 3.05) is 26.8 Å². The summed E-state index contributed by atoms with van der Waals surface area (Å²) >= 11 is 0. The maximum Gasteiger partial charge on any atom is 0.0641 e. The Kier molecular flexibility index (Phi) is 4.64. The summed E-state index contributed by atoms with van der Waals surface area (Å²) in [6, 6.07) is 1.10. The van der Waals surface area contributed by atoms with Gasteiger partial charge in [-0.2, -0.15) is 0 Å². The fourth-order valence-corrected chi connectivity index (χ4v) is 3.44. The third-order valence-corrected chi connectivity index (χ3v) is 4.46. The van der Waals surface area contributed by atoms with Crippen LogP contribution in [-0.4, -0.2) is 55.5 Å². The van der Waals surface area contributed by atoms with E-state index in [1.54, 1.807) is 0 Å². The van der Waals surface area contributed by atoms with Crippen molar-refractivity contribution < 1.29 is 9.47 Å². The molecule has 3 atom stereocenters. The van der Waals surface area contributed by atoms with Crippen molar-refractivity contribution in [3.63, 3.8) is 0 Å². The van der Waals surface area contributed by atoms with Crippen LogP contribution in [0, 0.1) is 0 Å². The van der Waals surface area contributed by atoms with Gasteiger partial charge in [-0.25, -0.2) is 0 Å². The van der Waals surface area contributed by atoms with Crippen LogP contribution in [0.25, 0.3) is 0 Å². The number of nitrogens with two attached hydrogens (primary N) is 1. The topological polar surface area (TPSA) is 47.7 Å². The predicted octanol–water partition coefficient (Wildman–Crippen LogP) is 1.38. The molecule has 4 nitrogen and oxygen atoms in total. The molecule has 4 heteroatoms. The second kappa shape index (κ2) is 5.87. The maximum absolute atomic E-state index is 5.96.